The smallest absolute Gasteiger partial charge is 0.324 e. The molecule has 1 aliphatic heterocycles. The van der Waals surface area contributed by atoms with E-state index < -0.39 is 0 Å². The van der Waals surface area contributed by atoms with E-state index in [1.165, 1.54) is 16.7 Å². The molecule has 0 saturated carbocycles. The second-order valence-corrected chi connectivity index (χ2v) is 5.99. The molecule has 19 heavy (non-hydrogen) atoms. The molecule has 0 radical (unpaired) electrons. The quantitative estimate of drug-likeness (QED) is 0.930. The minimum Gasteiger partial charge on any atom is -0.336 e. The Morgan fingerprint density at radius 3 is 2.89 bits per heavy atom. The molecule has 0 spiro atoms. The molecule has 1 atom stereocenters. The molecule has 1 aliphatic rings. The maximum Gasteiger partial charge on any atom is 0.324 e. The molecule has 0 unspecified atom stereocenters. The van der Waals surface area contributed by atoms with E-state index in [2.05, 4.69) is 5.32 Å². The summed E-state index contributed by atoms with van der Waals surface area (Å²) in [4.78, 5) is 24.5. The molecule has 1 fully saturated rings. The van der Waals surface area contributed by atoms with E-state index in [9.17, 15) is 9.59 Å². The lowest BCUT2D eigenvalue weighted by Crippen LogP contribution is -2.35. The van der Waals surface area contributed by atoms with Crippen LogP contribution in [-0.4, -0.2) is 35.7 Å². The van der Waals surface area contributed by atoms with Crippen molar-refractivity contribution in [3.8, 4) is 0 Å². The molecule has 0 aromatic heterocycles. The van der Waals surface area contributed by atoms with Gasteiger partial charge in [0.2, 0.25) is 5.91 Å². The second kappa shape index (κ2) is 6.30. The van der Waals surface area contributed by atoms with Gasteiger partial charge in [0.05, 0.1) is 5.75 Å². The minimum atomic E-state index is -0.295. The molecule has 1 heterocycles. The van der Waals surface area contributed by atoms with Gasteiger partial charge < -0.3 is 5.32 Å². The molecule has 3 amide bonds. The van der Waals surface area contributed by atoms with Crippen LogP contribution in [0.25, 0.3) is 0 Å². The number of carbonyl (C=O) groups is 2. The number of amides is 3. The maximum atomic E-state index is 11.9. The van der Waals surface area contributed by atoms with Gasteiger partial charge in [-0.15, -0.1) is 11.8 Å². The van der Waals surface area contributed by atoms with Gasteiger partial charge in [-0.3, -0.25) is 9.69 Å². The fourth-order valence-electron chi connectivity index (χ4n) is 1.88. The summed E-state index contributed by atoms with van der Waals surface area (Å²) in [5.41, 5.74) is 1.01. The maximum absolute atomic E-state index is 11.9. The third-order valence-corrected chi connectivity index (χ3v) is 4.47. The standard InChI is InChI=1S/C13H15ClN2O2S/c1-9(10-4-2-3-5-11(10)14)19-8-12(17)16-7-6-15-13(16)18/h2-5,9H,6-8H2,1H3,(H,15,18)/t9-/m0/s1. The summed E-state index contributed by atoms with van der Waals surface area (Å²) in [7, 11) is 0. The van der Waals surface area contributed by atoms with E-state index >= 15 is 0 Å². The molecule has 4 nitrogen and oxygen atoms in total. The Morgan fingerprint density at radius 1 is 1.53 bits per heavy atom. The summed E-state index contributed by atoms with van der Waals surface area (Å²) in [6.45, 7) is 3.00. The van der Waals surface area contributed by atoms with Gasteiger partial charge in [-0.1, -0.05) is 29.8 Å². The average molecular weight is 299 g/mol. The van der Waals surface area contributed by atoms with Crippen LogP contribution in [0.1, 0.15) is 17.7 Å². The van der Waals surface area contributed by atoms with Gasteiger partial charge in [-0.2, -0.15) is 0 Å². The number of halogens is 1. The van der Waals surface area contributed by atoms with Gasteiger partial charge in [0.1, 0.15) is 0 Å². The van der Waals surface area contributed by atoms with E-state index in [0.29, 0.717) is 18.1 Å². The van der Waals surface area contributed by atoms with Crippen LogP contribution in [0.3, 0.4) is 0 Å². The monoisotopic (exact) mass is 298 g/mol. The van der Waals surface area contributed by atoms with Gasteiger partial charge in [-0.05, 0) is 18.6 Å². The number of urea groups is 1. The lowest BCUT2D eigenvalue weighted by molar-refractivity contribution is -0.124. The lowest BCUT2D eigenvalue weighted by atomic mass is 10.2. The van der Waals surface area contributed by atoms with Crippen molar-refractivity contribution in [2.45, 2.75) is 12.2 Å². The van der Waals surface area contributed by atoms with Crippen LogP contribution in [0, 0.1) is 0 Å². The number of benzene rings is 1. The van der Waals surface area contributed by atoms with Crippen LogP contribution in [0.15, 0.2) is 24.3 Å². The first-order chi connectivity index (χ1) is 9.09. The zero-order valence-electron chi connectivity index (χ0n) is 10.6. The number of thioether (sulfide) groups is 1. The number of imide groups is 1. The molecule has 1 aromatic carbocycles. The van der Waals surface area contributed by atoms with Crippen molar-refractivity contribution in [2.24, 2.45) is 0 Å². The number of nitrogens with one attached hydrogen (secondary N) is 1. The first-order valence-corrected chi connectivity index (χ1v) is 7.46. The normalized spacial score (nSPS) is 16.3. The molecule has 0 aliphatic carbocycles. The molecule has 2 rings (SSSR count). The zero-order chi connectivity index (χ0) is 13.8. The first-order valence-electron chi connectivity index (χ1n) is 6.04. The fraction of sp³-hybridized carbons (Fsp3) is 0.385. The first kappa shape index (κ1) is 14.2. The third-order valence-electron chi connectivity index (χ3n) is 2.96. The highest BCUT2D eigenvalue weighted by molar-refractivity contribution is 8.00. The predicted molar refractivity (Wildman–Crippen MR) is 77.4 cm³/mol. The largest absolute Gasteiger partial charge is 0.336 e. The number of hydrogen-bond acceptors (Lipinski definition) is 3. The number of carbonyl (C=O) groups excluding carboxylic acids is 2. The van der Waals surface area contributed by atoms with Crippen molar-refractivity contribution in [3.05, 3.63) is 34.9 Å². The molecule has 6 heteroatoms. The van der Waals surface area contributed by atoms with Crippen LogP contribution in [0.4, 0.5) is 4.79 Å². The molecular weight excluding hydrogens is 284 g/mol. The summed E-state index contributed by atoms with van der Waals surface area (Å²) in [6.07, 6.45) is 0. The van der Waals surface area contributed by atoms with E-state index in [1.54, 1.807) is 0 Å². The van der Waals surface area contributed by atoms with E-state index in [-0.39, 0.29) is 22.9 Å². The highest BCUT2D eigenvalue weighted by Gasteiger charge is 2.26. The van der Waals surface area contributed by atoms with Crippen LogP contribution in [-0.2, 0) is 4.79 Å². The molecular formula is C13H15ClN2O2S. The van der Waals surface area contributed by atoms with Crippen molar-refractivity contribution >= 4 is 35.3 Å². The Balaban J connectivity index is 1.90. The molecule has 1 saturated heterocycles. The Kier molecular flexibility index (Phi) is 4.71. The predicted octanol–water partition coefficient (Wildman–Crippen LogP) is 2.69. The Morgan fingerprint density at radius 2 is 2.26 bits per heavy atom. The fourth-order valence-corrected chi connectivity index (χ4v) is 3.18. The lowest BCUT2D eigenvalue weighted by Gasteiger charge is -2.15. The van der Waals surface area contributed by atoms with E-state index in [4.69, 9.17) is 11.6 Å². The topological polar surface area (TPSA) is 49.4 Å². The van der Waals surface area contributed by atoms with Gasteiger partial charge in [-0.25, -0.2) is 4.79 Å². The number of nitrogens with zero attached hydrogens (tertiary/aromatic N) is 1. The van der Waals surface area contributed by atoms with E-state index in [1.807, 2.05) is 31.2 Å². The summed E-state index contributed by atoms with van der Waals surface area (Å²) in [6, 6.07) is 7.30. The van der Waals surface area contributed by atoms with Gasteiger partial charge in [0.25, 0.3) is 0 Å². The van der Waals surface area contributed by atoms with Crippen molar-refractivity contribution < 1.29 is 9.59 Å². The average Bonchev–Trinajstić information content (AvgIpc) is 2.82. The van der Waals surface area contributed by atoms with Crippen LogP contribution < -0.4 is 5.32 Å². The molecule has 102 valence electrons. The summed E-state index contributed by atoms with van der Waals surface area (Å²) in [5, 5.41) is 3.43. The van der Waals surface area contributed by atoms with Crippen molar-refractivity contribution in [2.75, 3.05) is 18.8 Å². The van der Waals surface area contributed by atoms with Gasteiger partial charge in [0, 0.05) is 23.4 Å². The van der Waals surface area contributed by atoms with Crippen molar-refractivity contribution in [3.63, 3.8) is 0 Å². The number of hydrogen-bond donors (Lipinski definition) is 1. The molecule has 1 N–H and O–H groups in total. The SMILES string of the molecule is C[C@H](SCC(=O)N1CCNC1=O)c1ccccc1Cl. The molecule has 0 bridgehead atoms. The van der Waals surface area contributed by atoms with Crippen molar-refractivity contribution in [1.29, 1.82) is 0 Å². The highest BCUT2D eigenvalue weighted by Crippen LogP contribution is 2.32. The second-order valence-electron chi connectivity index (χ2n) is 4.25. The minimum absolute atomic E-state index is 0.114. The van der Waals surface area contributed by atoms with Crippen LogP contribution >= 0.6 is 23.4 Å². The van der Waals surface area contributed by atoms with Gasteiger partial charge in [0.15, 0.2) is 0 Å². The van der Waals surface area contributed by atoms with Crippen molar-refractivity contribution in [1.82, 2.24) is 10.2 Å². The Bertz CT molecular complexity index is 495. The zero-order valence-corrected chi connectivity index (χ0v) is 12.1. The summed E-state index contributed by atoms with van der Waals surface area (Å²) >= 11 is 7.60. The summed E-state index contributed by atoms with van der Waals surface area (Å²) < 4.78 is 0. The highest BCUT2D eigenvalue weighted by atomic mass is 35.5. The molecule has 1 aromatic rings. The van der Waals surface area contributed by atoms with Crippen LogP contribution in [0.2, 0.25) is 5.02 Å². The van der Waals surface area contributed by atoms with Crippen LogP contribution in [0.5, 0.6) is 0 Å². The Hall–Kier alpha value is -1.20. The number of rotatable bonds is 4. The summed E-state index contributed by atoms with van der Waals surface area (Å²) in [5.74, 6) is 0.124. The van der Waals surface area contributed by atoms with Gasteiger partial charge >= 0.3 is 6.03 Å². The van der Waals surface area contributed by atoms with E-state index in [0.717, 1.165) is 5.56 Å². The third kappa shape index (κ3) is 3.42. The Labute approximate surface area is 121 Å².